The first-order valence-corrected chi connectivity index (χ1v) is 9.23. The number of rotatable bonds is 6. The van der Waals surface area contributed by atoms with Gasteiger partial charge in [0.25, 0.3) is 0 Å². The highest BCUT2D eigenvalue weighted by Crippen LogP contribution is 2.25. The van der Waals surface area contributed by atoms with Gasteiger partial charge in [-0.25, -0.2) is 4.79 Å². The van der Waals surface area contributed by atoms with E-state index >= 15 is 0 Å². The Morgan fingerprint density at radius 1 is 1.31 bits per heavy atom. The van der Waals surface area contributed by atoms with Crippen molar-refractivity contribution < 1.29 is 14.6 Å². The third-order valence-corrected chi connectivity index (χ3v) is 4.56. The van der Waals surface area contributed by atoms with E-state index in [1.165, 1.54) is 0 Å². The van der Waals surface area contributed by atoms with E-state index in [1.54, 1.807) is 12.1 Å². The predicted octanol–water partition coefficient (Wildman–Crippen LogP) is 2.98. The minimum absolute atomic E-state index is 0.272. The maximum Gasteiger partial charge on any atom is 0.359 e. The van der Waals surface area contributed by atoms with Gasteiger partial charge in [-0.15, -0.1) is 0 Å². The molecule has 6 heteroatoms. The number of carbonyl (C=O) groups is 1. The van der Waals surface area contributed by atoms with Crippen LogP contribution in [0.1, 0.15) is 48.1 Å². The molecule has 1 aliphatic heterocycles. The molecule has 6 nitrogen and oxygen atoms in total. The molecule has 0 fully saturated rings. The van der Waals surface area contributed by atoms with E-state index in [0.29, 0.717) is 24.8 Å². The van der Waals surface area contributed by atoms with E-state index < -0.39 is 0 Å². The molecule has 1 aromatic heterocycles. The molecule has 0 aliphatic carbocycles. The molecule has 140 valence electrons. The number of hydrogen-bond acceptors (Lipinski definition) is 5. The van der Waals surface area contributed by atoms with Gasteiger partial charge in [-0.1, -0.05) is 26.0 Å². The van der Waals surface area contributed by atoms with Crippen molar-refractivity contribution >= 4 is 5.97 Å². The van der Waals surface area contributed by atoms with E-state index in [2.05, 4.69) is 23.8 Å². The summed E-state index contributed by atoms with van der Waals surface area (Å²) in [5.74, 6) is 0.399. The van der Waals surface area contributed by atoms with Crippen molar-refractivity contribution in [1.82, 2.24) is 14.7 Å². The van der Waals surface area contributed by atoms with Crippen molar-refractivity contribution in [3.63, 3.8) is 0 Å². The van der Waals surface area contributed by atoms with Crippen molar-refractivity contribution in [1.29, 1.82) is 0 Å². The zero-order valence-corrected chi connectivity index (χ0v) is 15.7. The lowest BCUT2D eigenvalue weighted by Gasteiger charge is -2.28. The summed E-state index contributed by atoms with van der Waals surface area (Å²) >= 11 is 0. The van der Waals surface area contributed by atoms with Gasteiger partial charge in [-0.3, -0.25) is 9.58 Å². The molecule has 0 atom stereocenters. The number of phenols is 1. The van der Waals surface area contributed by atoms with Gasteiger partial charge in [0.05, 0.1) is 6.61 Å². The van der Waals surface area contributed by atoms with Crippen LogP contribution in [0.15, 0.2) is 24.3 Å². The van der Waals surface area contributed by atoms with E-state index in [1.807, 2.05) is 23.7 Å². The summed E-state index contributed by atoms with van der Waals surface area (Å²) in [6.45, 7) is 9.64. The summed E-state index contributed by atoms with van der Waals surface area (Å²) in [4.78, 5) is 14.7. The fourth-order valence-corrected chi connectivity index (χ4v) is 3.40. The third-order valence-electron chi connectivity index (χ3n) is 4.56. The predicted molar refractivity (Wildman–Crippen MR) is 98.9 cm³/mol. The highest BCUT2D eigenvalue weighted by Gasteiger charge is 2.29. The number of aromatic nitrogens is 2. The van der Waals surface area contributed by atoms with Crippen LogP contribution in [0.3, 0.4) is 0 Å². The van der Waals surface area contributed by atoms with Gasteiger partial charge in [0, 0.05) is 43.9 Å². The summed E-state index contributed by atoms with van der Waals surface area (Å²) < 4.78 is 7.21. The Labute approximate surface area is 154 Å². The van der Waals surface area contributed by atoms with Gasteiger partial charge in [0.1, 0.15) is 5.75 Å². The topological polar surface area (TPSA) is 67.6 Å². The lowest BCUT2D eigenvalue weighted by molar-refractivity contribution is 0.0515. The van der Waals surface area contributed by atoms with Gasteiger partial charge in [-0.05, 0) is 30.5 Å². The first-order chi connectivity index (χ1) is 12.5. The van der Waals surface area contributed by atoms with Crippen LogP contribution in [0.5, 0.6) is 5.75 Å². The van der Waals surface area contributed by atoms with Crippen LogP contribution in [0.25, 0.3) is 0 Å². The molecule has 1 aromatic carbocycles. The van der Waals surface area contributed by atoms with Crippen LogP contribution < -0.4 is 0 Å². The maximum atomic E-state index is 12.4. The standard InChI is InChI=1S/C20H27N3O3/c1-4-26-20(25)19-17-13-22(12-15-5-7-16(24)8-6-15)10-9-18(17)23(21-19)11-14(2)3/h5-8,14,24H,4,9-13H2,1-3H3. The molecule has 0 saturated heterocycles. The second-order valence-electron chi connectivity index (χ2n) is 7.20. The molecule has 2 heterocycles. The van der Waals surface area contributed by atoms with E-state index in [0.717, 1.165) is 42.9 Å². The Bertz CT molecular complexity index is 765. The molecule has 0 radical (unpaired) electrons. The highest BCUT2D eigenvalue weighted by molar-refractivity contribution is 5.89. The molecular weight excluding hydrogens is 330 g/mol. The number of phenolic OH excluding ortho intramolecular Hbond substituents is 1. The number of hydrogen-bond donors (Lipinski definition) is 1. The molecule has 0 amide bonds. The summed E-state index contributed by atoms with van der Waals surface area (Å²) in [7, 11) is 0. The van der Waals surface area contributed by atoms with Gasteiger partial charge < -0.3 is 9.84 Å². The van der Waals surface area contributed by atoms with E-state index in [-0.39, 0.29) is 11.7 Å². The van der Waals surface area contributed by atoms with Crippen LogP contribution in [0, 0.1) is 5.92 Å². The molecule has 0 bridgehead atoms. The number of esters is 1. The van der Waals surface area contributed by atoms with Gasteiger partial charge in [-0.2, -0.15) is 5.10 Å². The minimum Gasteiger partial charge on any atom is -0.508 e. The smallest absolute Gasteiger partial charge is 0.359 e. The van der Waals surface area contributed by atoms with Gasteiger partial charge in [0.15, 0.2) is 5.69 Å². The zero-order chi connectivity index (χ0) is 18.7. The van der Waals surface area contributed by atoms with Crippen LogP contribution in [0.2, 0.25) is 0 Å². The summed E-state index contributed by atoms with van der Waals surface area (Å²) in [6, 6.07) is 7.27. The van der Waals surface area contributed by atoms with Gasteiger partial charge >= 0.3 is 5.97 Å². The number of fused-ring (bicyclic) bond motifs is 1. The summed E-state index contributed by atoms with van der Waals surface area (Å²) in [5.41, 5.74) is 3.74. The Morgan fingerprint density at radius 3 is 2.69 bits per heavy atom. The SMILES string of the molecule is CCOC(=O)c1nn(CC(C)C)c2c1CN(Cc1ccc(O)cc1)CC2. The molecule has 0 saturated carbocycles. The lowest BCUT2D eigenvalue weighted by atomic mass is 10.0. The maximum absolute atomic E-state index is 12.4. The Balaban J connectivity index is 1.84. The average molecular weight is 357 g/mol. The number of ether oxygens (including phenoxy) is 1. The lowest BCUT2D eigenvalue weighted by Crippen LogP contribution is -2.31. The molecule has 1 aliphatic rings. The van der Waals surface area contributed by atoms with Crippen LogP contribution in [-0.4, -0.2) is 38.9 Å². The fourth-order valence-electron chi connectivity index (χ4n) is 3.40. The molecule has 3 rings (SSSR count). The Morgan fingerprint density at radius 2 is 2.04 bits per heavy atom. The largest absolute Gasteiger partial charge is 0.508 e. The van der Waals surface area contributed by atoms with Crippen LogP contribution in [0.4, 0.5) is 0 Å². The van der Waals surface area contributed by atoms with Crippen LogP contribution >= 0.6 is 0 Å². The number of carbonyl (C=O) groups excluding carboxylic acids is 1. The normalized spacial score (nSPS) is 14.5. The molecule has 0 unspecified atom stereocenters. The molecular formula is C20H27N3O3. The first-order valence-electron chi connectivity index (χ1n) is 9.23. The van der Waals surface area contributed by atoms with Crippen molar-refractivity contribution in [2.75, 3.05) is 13.2 Å². The molecule has 1 N–H and O–H groups in total. The fraction of sp³-hybridized carbons (Fsp3) is 0.500. The second-order valence-corrected chi connectivity index (χ2v) is 7.20. The third kappa shape index (κ3) is 4.07. The van der Waals surface area contributed by atoms with Crippen molar-refractivity contribution in [2.24, 2.45) is 5.92 Å². The summed E-state index contributed by atoms with van der Waals surface area (Å²) in [5, 5.41) is 14.0. The van der Waals surface area contributed by atoms with Crippen LogP contribution in [-0.2, 0) is 30.8 Å². The number of nitrogens with zero attached hydrogens (tertiary/aromatic N) is 3. The quantitative estimate of drug-likeness (QED) is 0.805. The molecule has 0 spiro atoms. The van der Waals surface area contributed by atoms with Crippen molar-refractivity contribution in [3.8, 4) is 5.75 Å². The van der Waals surface area contributed by atoms with Crippen molar-refractivity contribution in [3.05, 3.63) is 46.8 Å². The number of benzene rings is 1. The average Bonchev–Trinajstić information content (AvgIpc) is 2.94. The Hall–Kier alpha value is -2.34. The monoisotopic (exact) mass is 357 g/mol. The van der Waals surface area contributed by atoms with Gasteiger partial charge in [0.2, 0.25) is 0 Å². The molecule has 26 heavy (non-hydrogen) atoms. The highest BCUT2D eigenvalue weighted by atomic mass is 16.5. The first kappa shape index (κ1) is 18.5. The Kier molecular flexibility index (Phi) is 5.61. The van der Waals surface area contributed by atoms with Crippen molar-refractivity contribution in [2.45, 2.75) is 46.8 Å². The molecule has 2 aromatic rings. The number of aromatic hydroxyl groups is 1. The minimum atomic E-state index is -0.335. The summed E-state index contributed by atoms with van der Waals surface area (Å²) in [6.07, 6.45) is 0.868. The zero-order valence-electron chi connectivity index (χ0n) is 15.7. The van der Waals surface area contributed by atoms with E-state index in [9.17, 15) is 9.90 Å². The van der Waals surface area contributed by atoms with E-state index in [4.69, 9.17) is 4.74 Å². The second kappa shape index (κ2) is 7.91.